The molecule has 0 amide bonds. The Kier molecular flexibility index (Phi) is 2.84. The van der Waals surface area contributed by atoms with Crippen molar-refractivity contribution in [3.8, 4) is 0 Å². The minimum atomic E-state index is -0.402. The molecule has 11 heavy (non-hydrogen) atoms. The maximum Gasteiger partial charge on any atom is 0.151 e. The summed E-state index contributed by atoms with van der Waals surface area (Å²) in [4.78, 5) is 10.3. The van der Waals surface area contributed by atoms with Gasteiger partial charge in [0.1, 0.15) is 5.82 Å². The summed E-state index contributed by atoms with van der Waals surface area (Å²) < 4.78 is 13.0. The summed E-state index contributed by atoms with van der Waals surface area (Å²) in [5.41, 5.74) is 0.317. The van der Waals surface area contributed by atoms with Crippen molar-refractivity contribution in [3.63, 3.8) is 0 Å². The van der Waals surface area contributed by atoms with Gasteiger partial charge in [-0.05, 0) is 34.7 Å². The standard InChI is InChI=1S/C7H3ClFIO/c8-6-4(3-11)1-2-5(9)7(6)10/h1-3H. The smallest absolute Gasteiger partial charge is 0.151 e. The van der Waals surface area contributed by atoms with Gasteiger partial charge in [0.05, 0.1) is 8.59 Å². The van der Waals surface area contributed by atoms with E-state index in [1.807, 2.05) is 0 Å². The summed E-state index contributed by atoms with van der Waals surface area (Å²) in [5.74, 6) is -0.402. The normalized spacial score (nSPS) is 9.73. The van der Waals surface area contributed by atoms with Gasteiger partial charge >= 0.3 is 0 Å². The lowest BCUT2D eigenvalue weighted by atomic mass is 10.2. The van der Waals surface area contributed by atoms with E-state index in [2.05, 4.69) is 0 Å². The van der Waals surface area contributed by atoms with Gasteiger partial charge < -0.3 is 0 Å². The second-order valence-electron chi connectivity index (χ2n) is 1.88. The first-order valence-corrected chi connectivity index (χ1v) is 4.21. The van der Waals surface area contributed by atoms with Gasteiger partial charge in [0.25, 0.3) is 0 Å². The molecule has 0 atom stereocenters. The molecule has 1 rings (SSSR count). The Hall–Kier alpha value is -0.160. The number of hydrogen-bond donors (Lipinski definition) is 0. The van der Waals surface area contributed by atoms with E-state index in [4.69, 9.17) is 11.6 Å². The highest BCUT2D eigenvalue weighted by Gasteiger charge is 2.07. The summed E-state index contributed by atoms with van der Waals surface area (Å²) >= 11 is 7.37. The van der Waals surface area contributed by atoms with Crippen LogP contribution in [0, 0.1) is 9.39 Å². The van der Waals surface area contributed by atoms with Crippen LogP contribution in [0.25, 0.3) is 0 Å². The van der Waals surface area contributed by atoms with E-state index in [0.717, 1.165) is 0 Å². The molecular formula is C7H3ClFIO. The van der Waals surface area contributed by atoms with E-state index in [-0.39, 0.29) is 8.59 Å². The first-order valence-electron chi connectivity index (χ1n) is 2.75. The molecule has 0 unspecified atom stereocenters. The lowest BCUT2D eigenvalue weighted by Gasteiger charge is -1.98. The van der Waals surface area contributed by atoms with Crippen molar-refractivity contribution in [1.29, 1.82) is 0 Å². The Morgan fingerprint density at radius 2 is 2.18 bits per heavy atom. The molecule has 0 aliphatic heterocycles. The van der Waals surface area contributed by atoms with Crippen LogP contribution in [-0.4, -0.2) is 6.29 Å². The molecule has 0 aliphatic carbocycles. The molecule has 4 heteroatoms. The summed E-state index contributed by atoms with van der Waals surface area (Å²) in [7, 11) is 0. The quantitative estimate of drug-likeness (QED) is 0.440. The third-order valence-corrected chi connectivity index (χ3v) is 2.97. The zero-order valence-electron chi connectivity index (χ0n) is 5.27. The largest absolute Gasteiger partial charge is 0.298 e. The fraction of sp³-hybridized carbons (Fsp3) is 0. The van der Waals surface area contributed by atoms with E-state index in [1.54, 1.807) is 22.6 Å². The zero-order chi connectivity index (χ0) is 8.43. The molecule has 1 nitrogen and oxygen atoms in total. The number of hydrogen-bond acceptors (Lipinski definition) is 1. The van der Waals surface area contributed by atoms with Crippen LogP contribution in [0.1, 0.15) is 10.4 Å². The highest BCUT2D eigenvalue weighted by molar-refractivity contribution is 14.1. The van der Waals surface area contributed by atoms with Crippen LogP contribution in [0.3, 0.4) is 0 Å². The van der Waals surface area contributed by atoms with Crippen molar-refractivity contribution in [2.45, 2.75) is 0 Å². The number of aldehydes is 1. The third kappa shape index (κ3) is 1.70. The number of halogens is 3. The minimum Gasteiger partial charge on any atom is -0.298 e. The minimum absolute atomic E-state index is 0.181. The molecule has 0 bridgehead atoms. The lowest BCUT2D eigenvalue weighted by molar-refractivity contribution is 0.112. The highest BCUT2D eigenvalue weighted by atomic mass is 127. The highest BCUT2D eigenvalue weighted by Crippen LogP contribution is 2.23. The predicted molar refractivity (Wildman–Crippen MR) is 49.5 cm³/mol. The van der Waals surface area contributed by atoms with E-state index >= 15 is 0 Å². The predicted octanol–water partition coefficient (Wildman–Crippen LogP) is 2.90. The van der Waals surface area contributed by atoms with Gasteiger partial charge in [-0.2, -0.15) is 0 Å². The first-order chi connectivity index (χ1) is 5.16. The van der Waals surface area contributed by atoms with Crippen molar-refractivity contribution in [3.05, 3.63) is 32.1 Å². The van der Waals surface area contributed by atoms with E-state index in [0.29, 0.717) is 11.8 Å². The van der Waals surface area contributed by atoms with E-state index in [1.165, 1.54) is 12.1 Å². The maximum absolute atomic E-state index is 12.7. The monoisotopic (exact) mass is 284 g/mol. The van der Waals surface area contributed by atoms with Crippen LogP contribution in [0.2, 0.25) is 5.02 Å². The molecule has 0 saturated carbocycles. The second-order valence-corrected chi connectivity index (χ2v) is 3.34. The summed E-state index contributed by atoms with van der Waals surface area (Å²) in [6.45, 7) is 0. The molecule has 0 radical (unpaired) electrons. The summed E-state index contributed by atoms with van der Waals surface area (Å²) in [5, 5.41) is 0.181. The average Bonchev–Trinajstić information content (AvgIpc) is 2.01. The SMILES string of the molecule is O=Cc1ccc(F)c(I)c1Cl. The van der Waals surface area contributed by atoms with Crippen LogP contribution in [0.15, 0.2) is 12.1 Å². The van der Waals surface area contributed by atoms with Crippen molar-refractivity contribution >= 4 is 40.5 Å². The molecule has 0 aromatic heterocycles. The molecule has 1 aromatic rings. The average molecular weight is 284 g/mol. The Morgan fingerprint density at radius 1 is 1.55 bits per heavy atom. The van der Waals surface area contributed by atoms with Crippen molar-refractivity contribution in [2.75, 3.05) is 0 Å². The van der Waals surface area contributed by atoms with Gasteiger partial charge in [-0.1, -0.05) is 11.6 Å². The summed E-state index contributed by atoms with van der Waals surface area (Å²) in [6, 6.07) is 2.57. The molecule has 0 N–H and O–H groups in total. The van der Waals surface area contributed by atoms with Gasteiger partial charge in [-0.3, -0.25) is 4.79 Å². The molecule has 0 aliphatic rings. The van der Waals surface area contributed by atoms with Crippen molar-refractivity contribution in [1.82, 2.24) is 0 Å². The molecule has 0 spiro atoms. The van der Waals surface area contributed by atoms with Gasteiger partial charge in [-0.15, -0.1) is 0 Å². The molecule has 1 aromatic carbocycles. The number of carbonyl (C=O) groups is 1. The lowest BCUT2D eigenvalue weighted by Crippen LogP contribution is -1.88. The van der Waals surface area contributed by atoms with Crippen LogP contribution >= 0.6 is 34.2 Å². The Balaban J connectivity index is 3.36. The fourth-order valence-corrected chi connectivity index (χ4v) is 1.32. The molecule has 0 heterocycles. The van der Waals surface area contributed by atoms with E-state index < -0.39 is 5.82 Å². The zero-order valence-corrected chi connectivity index (χ0v) is 8.19. The van der Waals surface area contributed by atoms with Crippen LogP contribution in [0.4, 0.5) is 4.39 Å². The van der Waals surface area contributed by atoms with Crippen LogP contribution in [0.5, 0.6) is 0 Å². The van der Waals surface area contributed by atoms with Gasteiger partial charge in [0.2, 0.25) is 0 Å². The molecule has 58 valence electrons. The number of benzene rings is 1. The Bertz CT molecular complexity index is 301. The summed E-state index contributed by atoms with van der Waals surface area (Å²) in [6.07, 6.45) is 0.601. The second kappa shape index (κ2) is 3.49. The van der Waals surface area contributed by atoms with Crippen LogP contribution in [-0.2, 0) is 0 Å². The van der Waals surface area contributed by atoms with Crippen LogP contribution < -0.4 is 0 Å². The third-order valence-electron chi connectivity index (χ3n) is 1.19. The topological polar surface area (TPSA) is 17.1 Å². The fourth-order valence-electron chi connectivity index (χ4n) is 0.632. The molecular weight excluding hydrogens is 281 g/mol. The van der Waals surface area contributed by atoms with E-state index in [9.17, 15) is 9.18 Å². The number of carbonyl (C=O) groups excluding carboxylic acids is 1. The van der Waals surface area contributed by atoms with Crippen molar-refractivity contribution < 1.29 is 9.18 Å². The van der Waals surface area contributed by atoms with Gasteiger partial charge in [-0.25, -0.2) is 4.39 Å². The van der Waals surface area contributed by atoms with Crippen molar-refractivity contribution in [2.24, 2.45) is 0 Å². The maximum atomic E-state index is 12.7. The molecule has 0 saturated heterocycles. The Morgan fingerprint density at radius 3 is 2.73 bits per heavy atom. The Labute approximate surface area is 81.7 Å². The van der Waals surface area contributed by atoms with Gasteiger partial charge in [0.15, 0.2) is 6.29 Å². The first kappa shape index (κ1) is 8.93. The van der Waals surface area contributed by atoms with Gasteiger partial charge in [0, 0.05) is 5.56 Å². The molecule has 0 fully saturated rings. The number of rotatable bonds is 1.